The highest BCUT2D eigenvalue weighted by Gasteiger charge is 2.27. The number of hydrogen-bond acceptors (Lipinski definition) is 5. The summed E-state index contributed by atoms with van der Waals surface area (Å²) in [4.78, 5) is 15.7. The number of rotatable bonds is 9. The van der Waals surface area contributed by atoms with Gasteiger partial charge in [-0.3, -0.25) is 9.78 Å². The summed E-state index contributed by atoms with van der Waals surface area (Å²) in [6, 6.07) is 22.5. The van der Waals surface area contributed by atoms with Crippen molar-refractivity contribution >= 4 is 26.9 Å². The van der Waals surface area contributed by atoms with E-state index in [0.717, 1.165) is 27.6 Å². The molecular weight excluding hydrogens is 464 g/mol. The second kappa shape index (κ2) is 10.2. The second-order valence-electron chi connectivity index (χ2n) is 8.51. The van der Waals surface area contributed by atoms with E-state index in [1.807, 2.05) is 54.6 Å². The zero-order valence-corrected chi connectivity index (χ0v) is 20.2. The topological polar surface area (TPSA) is 106 Å². The third-order valence-corrected chi connectivity index (χ3v) is 7.16. The third kappa shape index (κ3) is 5.67. The smallest absolute Gasteiger partial charge is 0.322 e. The van der Waals surface area contributed by atoms with Gasteiger partial charge in [0.15, 0.2) is 0 Å². The molecule has 1 atom stereocenters. The fourth-order valence-electron chi connectivity index (χ4n) is 3.72. The summed E-state index contributed by atoms with van der Waals surface area (Å²) in [6.07, 6.45) is 1.77. The summed E-state index contributed by atoms with van der Waals surface area (Å²) in [5.74, 6) is -0.884. The molecule has 0 saturated carbocycles. The molecule has 0 spiro atoms. The number of fused-ring (bicyclic) bond motifs is 1. The van der Waals surface area contributed by atoms with Crippen LogP contribution >= 0.6 is 0 Å². The van der Waals surface area contributed by atoms with Gasteiger partial charge in [-0.25, -0.2) is 8.42 Å². The van der Waals surface area contributed by atoms with E-state index < -0.39 is 22.0 Å². The predicted octanol–water partition coefficient (Wildman–Crippen LogP) is 4.87. The van der Waals surface area contributed by atoms with Gasteiger partial charge in [0.1, 0.15) is 18.4 Å². The monoisotopic (exact) mass is 490 g/mol. The highest BCUT2D eigenvalue weighted by molar-refractivity contribution is 7.89. The van der Waals surface area contributed by atoms with Crippen molar-refractivity contribution in [3.05, 3.63) is 90.6 Å². The molecule has 2 N–H and O–H groups in total. The molecule has 8 heteroatoms. The number of aliphatic carboxylic acids is 1. The molecule has 0 saturated heterocycles. The highest BCUT2D eigenvalue weighted by Crippen LogP contribution is 2.25. The maximum Gasteiger partial charge on any atom is 0.322 e. The Kier molecular flexibility index (Phi) is 7.14. The molecule has 4 aromatic rings. The van der Waals surface area contributed by atoms with E-state index in [-0.39, 0.29) is 10.8 Å². The maximum atomic E-state index is 12.6. The SMILES string of the molecule is CC(C)C(NS(=O)(=O)c1ccc(-c2ccc(OCc3ccnc4ccccc34)cc2)cc1)C(=O)O. The molecule has 1 aromatic heterocycles. The fraction of sp³-hybridized carbons (Fsp3) is 0.185. The standard InChI is InChI=1S/C27H26N2O5S/c1-18(2)26(27(30)31)29-35(32,33)23-13-9-20(10-14-23)19-7-11-22(12-8-19)34-17-21-15-16-28-25-6-4-3-5-24(21)25/h3-16,18,26,29H,17H2,1-2H3,(H,30,31). The van der Waals surface area contributed by atoms with Gasteiger partial charge in [-0.05, 0) is 53.4 Å². The summed E-state index contributed by atoms with van der Waals surface area (Å²) in [5.41, 5.74) is 3.70. The van der Waals surface area contributed by atoms with Crippen molar-refractivity contribution in [1.82, 2.24) is 9.71 Å². The van der Waals surface area contributed by atoms with Gasteiger partial charge >= 0.3 is 5.97 Å². The zero-order chi connectivity index (χ0) is 25.0. The van der Waals surface area contributed by atoms with Crippen LogP contribution in [-0.4, -0.2) is 30.5 Å². The maximum absolute atomic E-state index is 12.6. The van der Waals surface area contributed by atoms with E-state index >= 15 is 0 Å². The molecule has 0 amide bonds. The number of hydrogen-bond donors (Lipinski definition) is 2. The van der Waals surface area contributed by atoms with Crippen LogP contribution in [0.1, 0.15) is 19.4 Å². The number of nitrogens with one attached hydrogen (secondary N) is 1. The number of ether oxygens (including phenoxy) is 1. The molecule has 1 heterocycles. The van der Waals surface area contributed by atoms with Gasteiger partial charge in [-0.1, -0.05) is 56.3 Å². The molecule has 0 aliphatic heterocycles. The van der Waals surface area contributed by atoms with Crippen molar-refractivity contribution < 1.29 is 23.1 Å². The van der Waals surface area contributed by atoms with Crippen LogP contribution in [0.25, 0.3) is 22.0 Å². The highest BCUT2D eigenvalue weighted by atomic mass is 32.2. The largest absolute Gasteiger partial charge is 0.489 e. The van der Waals surface area contributed by atoms with Crippen molar-refractivity contribution in [3.63, 3.8) is 0 Å². The van der Waals surface area contributed by atoms with Gasteiger partial charge < -0.3 is 9.84 Å². The molecule has 180 valence electrons. The van der Waals surface area contributed by atoms with Gasteiger partial charge in [0.2, 0.25) is 10.0 Å². The second-order valence-corrected chi connectivity index (χ2v) is 10.2. The molecule has 3 aromatic carbocycles. The minimum Gasteiger partial charge on any atom is -0.489 e. The van der Waals surface area contributed by atoms with E-state index in [1.54, 1.807) is 32.2 Å². The molecule has 4 rings (SSSR count). The lowest BCUT2D eigenvalue weighted by atomic mass is 10.1. The number of sulfonamides is 1. The lowest BCUT2D eigenvalue weighted by molar-refractivity contribution is -0.140. The number of nitrogens with zero attached hydrogens (tertiary/aromatic N) is 1. The number of para-hydroxylation sites is 1. The molecule has 1 unspecified atom stereocenters. The van der Waals surface area contributed by atoms with E-state index in [2.05, 4.69) is 9.71 Å². The Bertz CT molecular complexity index is 1430. The summed E-state index contributed by atoms with van der Waals surface area (Å²) >= 11 is 0. The van der Waals surface area contributed by atoms with E-state index in [0.29, 0.717) is 12.4 Å². The molecule has 0 radical (unpaired) electrons. The molecule has 35 heavy (non-hydrogen) atoms. The average Bonchev–Trinajstić information content (AvgIpc) is 2.86. The van der Waals surface area contributed by atoms with E-state index in [1.165, 1.54) is 12.1 Å². The molecule has 0 fully saturated rings. The summed E-state index contributed by atoms with van der Waals surface area (Å²) in [7, 11) is -3.96. The number of benzene rings is 3. The van der Waals surface area contributed by atoms with Crippen molar-refractivity contribution in [3.8, 4) is 16.9 Å². The fourth-order valence-corrected chi connectivity index (χ4v) is 5.06. The van der Waals surface area contributed by atoms with Crippen LogP contribution in [0.15, 0.2) is 90.0 Å². The first-order valence-electron chi connectivity index (χ1n) is 11.2. The quantitative estimate of drug-likeness (QED) is 0.347. The van der Waals surface area contributed by atoms with Crippen molar-refractivity contribution in [2.24, 2.45) is 5.92 Å². The Morgan fingerprint density at radius 3 is 2.20 bits per heavy atom. The van der Waals surface area contributed by atoms with Crippen LogP contribution in [-0.2, 0) is 21.4 Å². The van der Waals surface area contributed by atoms with Gasteiger partial charge in [0.05, 0.1) is 10.4 Å². The number of carboxylic acids is 1. The number of pyridine rings is 1. The third-order valence-electron chi connectivity index (χ3n) is 5.70. The first-order valence-corrected chi connectivity index (χ1v) is 12.6. The van der Waals surface area contributed by atoms with Gasteiger partial charge in [0, 0.05) is 17.1 Å². The normalized spacial score (nSPS) is 12.5. The molecule has 0 aliphatic rings. The Balaban J connectivity index is 1.44. The lowest BCUT2D eigenvalue weighted by Crippen LogP contribution is -2.44. The molecule has 7 nitrogen and oxygen atoms in total. The Morgan fingerprint density at radius 1 is 0.943 bits per heavy atom. The first-order chi connectivity index (χ1) is 16.7. The van der Waals surface area contributed by atoms with Gasteiger partial charge in [-0.2, -0.15) is 4.72 Å². The van der Waals surface area contributed by atoms with Crippen LogP contribution < -0.4 is 9.46 Å². The Morgan fingerprint density at radius 2 is 1.57 bits per heavy atom. The van der Waals surface area contributed by atoms with Crippen molar-refractivity contribution in [2.45, 2.75) is 31.4 Å². The summed E-state index contributed by atoms with van der Waals surface area (Å²) in [6.45, 7) is 3.71. The molecule has 0 bridgehead atoms. The predicted molar refractivity (Wildman–Crippen MR) is 135 cm³/mol. The molecule has 0 aliphatic carbocycles. The van der Waals surface area contributed by atoms with Crippen molar-refractivity contribution in [1.29, 1.82) is 0 Å². The first kappa shape index (κ1) is 24.4. The zero-order valence-electron chi connectivity index (χ0n) is 19.4. The number of carbonyl (C=O) groups is 1. The van der Waals surface area contributed by atoms with Crippen LogP contribution in [0.5, 0.6) is 5.75 Å². The Labute approximate surface area is 204 Å². The van der Waals surface area contributed by atoms with Crippen LogP contribution in [0.4, 0.5) is 0 Å². The summed E-state index contributed by atoms with van der Waals surface area (Å²) in [5, 5.41) is 10.3. The summed E-state index contributed by atoms with van der Waals surface area (Å²) < 4.78 is 33.5. The minimum absolute atomic E-state index is 0.0117. The van der Waals surface area contributed by atoms with Gasteiger partial charge in [-0.15, -0.1) is 0 Å². The van der Waals surface area contributed by atoms with Crippen LogP contribution in [0.2, 0.25) is 0 Å². The number of aromatic nitrogens is 1. The minimum atomic E-state index is -3.96. The van der Waals surface area contributed by atoms with Gasteiger partial charge in [0.25, 0.3) is 0 Å². The van der Waals surface area contributed by atoms with E-state index in [4.69, 9.17) is 4.74 Å². The van der Waals surface area contributed by atoms with Crippen molar-refractivity contribution in [2.75, 3.05) is 0 Å². The van der Waals surface area contributed by atoms with E-state index in [9.17, 15) is 18.3 Å². The molecular formula is C27H26N2O5S. The number of carboxylic acid groups (broad SMARTS) is 1. The Hall–Kier alpha value is -3.75. The lowest BCUT2D eigenvalue weighted by Gasteiger charge is -2.18. The van der Waals surface area contributed by atoms with Crippen LogP contribution in [0, 0.1) is 5.92 Å². The van der Waals surface area contributed by atoms with Crippen LogP contribution in [0.3, 0.4) is 0 Å². The average molecular weight is 491 g/mol.